The predicted octanol–water partition coefficient (Wildman–Crippen LogP) is 1.99. The third-order valence-electron chi connectivity index (χ3n) is 1.63. The number of allylic oxidation sites excluding steroid dienone is 1. The van der Waals surface area contributed by atoms with Crippen LogP contribution in [-0.2, 0) is 0 Å². The van der Waals surface area contributed by atoms with Crippen molar-refractivity contribution in [3.8, 4) is 0 Å². The zero-order chi connectivity index (χ0) is 9.84. The minimum Gasteiger partial charge on any atom is -0.404 e. The van der Waals surface area contributed by atoms with Crippen molar-refractivity contribution in [2.75, 3.05) is 0 Å². The molecule has 3 N–H and O–H groups in total. The maximum atomic E-state index is 7.09. The number of halogens is 1. The molecule has 3 nitrogen and oxygen atoms in total. The number of nitrogens with two attached hydrogens (primary N) is 1. The Balaban J connectivity index is 3.22. The highest BCUT2D eigenvalue weighted by Gasteiger charge is 2.04. The van der Waals surface area contributed by atoms with Gasteiger partial charge in [0, 0.05) is 29.2 Å². The fourth-order valence-corrected chi connectivity index (χ4v) is 1.26. The van der Waals surface area contributed by atoms with Crippen LogP contribution in [0.3, 0.4) is 0 Å². The molecule has 0 saturated heterocycles. The highest BCUT2D eigenvalue weighted by atomic mass is 35.5. The van der Waals surface area contributed by atoms with E-state index in [2.05, 4.69) is 4.98 Å². The summed E-state index contributed by atoms with van der Waals surface area (Å²) in [6.45, 7) is 1.85. The Morgan fingerprint density at radius 1 is 1.62 bits per heavy atom. The number of aryl methyl sites for hydroxylation is 1. The van der Waals surface area contributed by atoms with Crippen LogP contribution in [-0.4, -0.2) is 11.2 Å². The molecule has 0 saturated carbocycles. The quantitative estimate of drug-likeness (QED) is 0.560. The van der Waals surface area contributed by atoms with Crippen molar-refractivity contribution in [1.29, 1.82) is 5.41 Å². The van der Waals surface area contributed by atoms with E-state index >= 15 is 0 Å². The summed E-state index contributed by atoms with van der Waals surface area (Å²) in [7, 11) is 0. The maximum Gasteiger partial charge on any atom is 0.137 e. The van der Waals surface area contributed by atoms with E-state index in [4.69, 9.17) is 22.7 Å². The first-order chi connectivity index (χ1) is 6.19. The van der Waals surface area contributed by atoms with Crippen LogP contribution in [0.1, 0.15) is 11.3 Å². The van der Waals surface area contributed by atoms with Gasteiger partial charge in [-0.3, -0.25) is 0 Å². The van der Waals surface area contributed by atoms with Gasteiger partial charge >= 0.3 is 0 Å². The summed E-state index contributed by atoms with van der Waals surface area (Å²) < 4.78 is 0. The molecule has 0 unspecified atom stereocenters. The third-order valence-corrected chi connectivity index (χ3v) is 1.92. The summed E-state index contributed by atoms with van der Waals surface area (Å²) in [5.41, 5.74) is 7.42. The summed E-state index contributed by atoms with van der Waals surface area (Å²) in [6.07, 6.45) is 2.49. The minimum atomic E-state index is 0.375. The molecule has 0 aliphatic rings. The third kappa shape index (κ3) is 2.06. The monoisotopic (exact) mass is 195 g/mol. The second-order valence-corrected chi connectivity index (χ2v) is 2.92. The molecule has 0 radical (unpaired) electrons. The summed E-state index contributed by atoms with van der Waals surface area (Å²) in [6, 6.07) is 3.63. The molecule has 1 aromatic heterocycles. The van der Waals surface area contributed by atoms with Crippen LogP contribution in [0.5, 0.6) is 0 Å². The molecule has 0 bridgehead atoms. The van der Waals surface area contributed by atoms with Crippen molar-refractivity contribution in [1.82, 2.24) is 4.98 Å². The highest BCUT2D eigenvalue weighted by molar-refractivity contribution is 6.32. The maximum absolute atomic E-state index is 7.09. The summed E-state index contributed by atoms with van der Waals surface area (Å²) in [4.78, 5) is 4.06. The van der Waals surface area contributed by atoms with E-state index in [0.29, 0.717) is 16.3 Å². The smallest absolute Gasteiger partial charge is 0.137 e. The van der Waals surface area contributed by atoms with Crippen LogP contribution in [0.4, 0.5) is 0 Å². The molecule has 1 rings (SSSR count). The van der Waals surface area contributed by atoms with Crippen LogP contribution in [0.2, 0.25) is 5.15 Å². The van der Waals surface area contributed by atoms with Crippen LogP contribution in [0.25, 0.3) is 5.57 Å². The first-order valence-electron chi connectivity index (χ1n) is 3.75. The number of hydrogen-bond donors (Lipinski definition) is 2. The fraction of sp³-hybridized carbons (Fsp3) is 0.111. The molecule has 0 aromatic carbocycles. The van der Waals surface area contributed by atoms with Crippen molar-refractivity contribution >= 4 is 23.4 Å². The van der Waals surface area contributed by atoms with Gasteiger partial charge < -0.3 is 11.1 Å². The van der Waals surface area contributed by atoms with E-state index in [1.54, 1.807) is 6.07 Å². The lowest BCUT2D eigenvalue weighted by molar-refractivity contribution is 1.19. The van der Waals surface area contributed by atoms with E-state index in [1.165, 1.54) is 6.20 Å². The summed E-state index contributed by atoms with van der Waals surface area (Å²) in [5.74, 6) is 0. The van der Waals surface area contributed by atoms with Gasteiger partial charge in [-0.2, -0.15) is 0 Å². The number of aromatic nitrogens is 1. The Morgan fingerprint density at radius 3 is 2.77 bits per heavy atom. The number of nitrogens with one attached hydrogen (secondary N) is 1. The lowest BCUT2D eigenvalue weighted by Gasteiger charge is -2.03. The van der Waals surface area contributed by atoms with Gasteiger partial charge in [-0.05, 0) is 19.1 Å². The minimum absolute atomic E-state index is 0.375. The molecule has 0 aliphatic heterocycles. The van der Waals surface area contributed by atoms with Gasteiger partial charge in [0.25, 0.3) is 0 Å². The Hall–Kier alpha value is -1.35. The van der Waals surface area contributed by atoms with Crippen LogP contribution < -0.4 is 5.73 Å². The van der Waals surface area contributed by atoms with E-state index in [-0.39, 0.29) is 0 Å². The molecule has 13 heavy (non-hydrogen) atoms. The number of rotatable bonds is 2. The first-order valence-corrected chi connectivity index (χ1v) is 4.12. The molecular weight excluding hydrogens is 186 g/mol. The van der Waals surface area contributed by atoms with Crippen molar-refractivity contribution in [3.05, 3.63) is 34.7 Å². The van der Waals surface area contributed by atoms with E-state index in [9.17, 15) is 0 Å². The molecule has 1 aromatic rings. The molecule has 0 fully saturated rings. The number of hydrogen-bond acceptors (Lipinski definition) is 3. The average Bonchev–Trinajstić information content (AvgIpc) is 2.10. The lowest BCUT2D eigenvalue weighted by Crippen LogP contribution is -1.94. The van der Waals surface area contributed by atoms with Crippen molar-refractivity contribution < 1.29 is 0 Å². The Morgan fingerprint density at radius 2 is 2.31 bits per heavy atom. The molecule has 4 heteroatoms. The molecule has 0 aliphatic carbocycles. The largest absolute Gasteiger partial charge is 0.404 e. The molecule has 68 valence electrons. The van der Waals surface area contributed by atoms with Crippen LogP contribution in [0.15, 0.2) is 18.3 Å². The van der Waals surface area contributed by atoms with Gasteiger partial charge in [0.1, 0.15) is 5.15 Å². The van der Waals surface area contributed by atoms with E-state index < -0.39 is 0 Å². The Kier molecular flexibility index (Phi) is 3.03. The molecule has 0 atom stereocenters. The second-order valence-electron chi connectivity index (χ2n) is 2.56. The van der Waals surface area contributed by atoms with Gasteiger partial charge in [0.15, 0.2) is 0 Å². The highest BCUT2D eigenvalue weighted by Crippen LogP contribution is 2.20. The first kappa shape index (κ1) is 9.74. The topological polar surface area (TPSA) is 62.8 Å². The Bertz CT molecular complexity index is 358. The van der Waals surface area contributed by atoms with Gasteiger partial charge in [0.05, 0.1) is 0 Å². The predicted molar refractivity (Wildman–Crippen MR) is 54.9 cm³/mol. The van der Waals surface area contributed by atoms with Crippen molar-refractivity contribution in [2.45, 2.75) is 6.92 Å². The lowest BCUT2D eigenvalue weighted by atomic mass is 10.1. The van der Waals surface area contributed by atoms with Crippen LogP contribution in [0, 0.1) is 12.3 Å². The van der Waals surface area contributed by atoms with Gasteiger partial charge in [-0.15, -0.1) is 0 Å². The second kappa shape index (κ2) is 4.05. The zero-order valence-electron chi connectivity index (χ0n) is 7.21. The molecular formula is C9H10ClN3. The summed E-state index contributed by atoms with van der Waals surface area (Å²) in [5, 5.41) is 7.46. The van der Waals surface area contributed by atoms with Crippen molar-refractivity contribution in [3.63, 3.8) is 0 Å². The Labute approximate surface area is 81.7 Å². The normalized spacial score (nSPS) is 11.4. The van der Waals surface area contributed by atoms with Crippen molar-refractivity contribution in [2.24, 2.45) is 5.73 Å². The number of nitrogens with zero attached hydrogens (tertiary/aromatic N) is 1. The average molecular weight is 196 g/mol. The molecule has 1 heterocycles. The van der Waals surface area contributed by atoms with E-state index in [1.807, 2.05) is 13.0 Å². The van der Waals surface area contributed by atoms with Gasteiger partial charge in [-0.25, -0.2) is 4.98 Å². The van der Waals surface area contributed by atoms with Crippen LogP contribution >= 0.6 is 11.6 Å². The molecule has 0 amide bonds. The SMILES string of the molecule is Cc1ccc(/C(C=N)=C/N)c(Cl)n1. The number of pyridine rings is 1. The zero-order valence-corrected chi connectivity index (χ0v) is 7.97. The summed E-state index contributed by atoms with van der Waals surface area (Å²) >= 11 is 5.87. The standard InChI is InChI=1S/C9H10ClN3/c1-6-2-3-8(9(10)13-6)7(4-11)5-12/h2-5,11H,12H2,1H3/b7-5+,11-4?. The van der Waals surface area contributed by atoms with Gasteiger partial charge in [0.2, 0.25) is 0 Å². The van der Waals surface area contributed by atoms with E-state index in [0.717, 1.165) is 11.9 Å². The fourth-order valence-electron chi connectivity index (χ4n) is 0.956. The molecule has 0 spiro atoms. The van der Waals surface area contributed by atoms with Gasteiger partial charge in [-0.1, -0.05) is 11.6 Å².